The summed E-state index contributed by atoms with van der Waals surface area (Å²) in [5, 5.41) is 14.4. The maximum atomic E-state index is 13.3. The largest absolute Gasteiger partial charge is 0.424 e. The van der Waals surface area contributed by atoms with E-state index in [2.05, 4.69) is 35.7 Å². The second kappa shape index (κ2) is 13.0. The van der Waals surface area contributed by atoms with Crippen molar-refractivity contribution in [3.63, 3.8) is 0 Å². The van der Waals surface area contributed by atoms with Crippen LogP contribution in [0.3, 0.4) is 0 Å². The molecule has 0 atom stereocenters. The number of para-hydroxylation sites is 2. The van der Waals surface area contributed by atoms with Crippen LogP contribution in [-0.2, 0) is 6.18 Å². The number of amidine groups is 1. The van der Waals surface area contributed by atoms with Crippen molar-refractivity contribution in [1.82, 2.24) is 15.0 Å². The molecule has 222 valence electrons. The van der Waals surface area contributed by atoms with E-state index in [0.29, 0.717) is 17.1 Å². The molecule has 0 unspecified atom stereocenters. The minimum Gasteiger partial charge on any atom is -0.424 e. The van der Waals surface area contributed by atoms with Gasteiger partial charge in [0.05, 0.1) is 11.3 Å². The van der Waals surface area contributed by atoms with Gasteiger partial charge in [-0.25, -0.2) is 5.43 Å². The molecule has 9 nitrogen and oxygen atoms in total. The van der Waals surface area contributed by atoms with Crippen LogP contribution in [0.15, 0.2) is 143 Å². The summed E-state index contributed by atoms with van der Waals surface area (Å²) in [6.45, 7) is 0. The molecule has 0 spiro atoms. The number of nitrogens with one attached hydrogen (secondary N) is 1. The van der Waals surface area contributed by atoms with Gasteiger partial charge in [-0.1, -0.05) is 84.9 Å². The van der Waals surface area contributed by atoms with E-state index < -0.39 is 11.7 Å². The number of fused-ring (bicyclic) bond motifs is 1. The first kappa shape index (κ1) is 28.9. The number of alkyl halides is 3. The van der Waals surface area contributed by atoms with Gasteiger partial charge in [-0.2, -0.15) is 28.2 Å². The van der Waals surface area contributed by atoms with E-state index in [1.165, 1.54) is 12.1 Å². The predicted octanol–water partition coefficient (Wildman–Crippen LogP) is 9.19. The number of halogens is 3. The lowest BCUT2D eigenvalue weighted by Crippen LogP contribution is -2.07. The van der Waals surface area contributed by atoms with Crippen LogP contribution in [0.4, 0.5) is 24.8 Å². The highest BCUT2D eigenvalue weighted by Crippen LogP contribution is 2.32. The van der Waals surface area contributed by atoms with E-state index in [1.54, 1.807) is 54.6 Å². The van der Waals surface area contributed by atoms with Crippen molar-refractivity contribution in [3.8, 4) is 23.5 Å². The molecule has 0 fully saturated rings. The smallest absolute Gasteiger partial charge is 0.416 e. The van der Waals surface area contributed by atoms with Gasteiger partial charge >= 0.3 is 18.2 Å². The van der Waals surface area contributed by atoms with Crippen LogP contribution < -0.4 is 14.9 Å². The molecule has 1 heterocycles. The Kier molecular flexibility index (Phi) is 8.36. The van der Waals surface area contributed by atoms with Crippen molar-refractivity contribution >= 4 is 28.2 Å². The molecule has 0 aliphatic carbocycles. The lowest BCUT2D eigenvalue weighted by Gasteiger charge is -2.10. The number of azo groups is 1. The van der Waals surface area contributed by atoms with E-state index in [4.69, 9.17) is 9.47 Å². The van der Waals surface area contributed by atoms with E-state index >= 15 is 0 Å². The van der Waals surface area contributed by atoms with Gasteiger partial charge in [-0.3, -0.25) is 0 Å². The summed E-state index contributed by atoms with van der Waals surface area (Å²) in [5.41, 5.74) is 2.48. The molecule has 6 aromatic rings. The Morgan fingerprint density at radius 2 is 1.24 bits per heavy atom. The molecule has 0 radical (unpaired) electrons. The highest BCUT2D eigenvalue weighted by Gasteiger charge is 2.30. The average Bonchev–Trinajstić information content (AvgIpc) is 3.05. The first-order valence-electron chi connectivity index (χ1n) is 13.5. The molecule has 5 aromatic carbocycles. The van der Waals surface area contributed by atoms with Crippen LogP contribution in [0.2, 0.25) is 0 Å². The molecule has 1 N–H and O–H groups in total. The zero-order chi connectivity index (χ0) is 31.1. The van der Waals surface area contributed by atoms with Crippen molar-refractivity contribution in [3.05, 3.63) is 139 Å². The summed E-state index contributed by atoms with van der Waals surface area (Å²) in [4.78, 5) is 12.9. The van der Waals surface area contributed by atoms with Gasteiger partial charge < -0.3 is 9.47 Å². The van der Waals surface area contributed by atoms with E-state index in [-0.39, 0.29) is 29.5 Å². The lowest BCUT2D eigenvalue weighted by molar-refractivity contribution is -0.137. The molecule has 1 aromatic heterocycles. The molecule has 0 aliphatic rings. The molecule has 0 bridgehead atoms. The number of hydrazone groups is 1. The van der Waals surface area contributed by atoms with Crippen LogP contribution in [0.1, 0.15) is 11.1 Å². The summed E-state index contributed by atoms with van der Waals surface area (Å²) in [6, 6.07) is 35.3. The van der Waals surface area contributed by atoms with Gasteiger partial charge in [0.15, 0.2) is 0 Å². The van der Waals surface area contributed by atoms with Crippen molar-refractivity contribution < 1.29 is 22.6 Å². The first-order chi connectivity index (χ1) is 21.9. The third kappa shape index (κ3) is 7.43. The number of nitrogens with zero attached hydrogens (tertiary/aromatic N) is 6. The molecular weight excluding hydrogens is 583 g/mol. The van der Waals surface area contributed by atoms with Gasteiger partial charge in [0.2, 0.25) is 5.84 Å². The number of aromatic nitrogens is 3. The Labute approximate surface area is 254 Å². The molecule has 0 aliphatic heterocycles. The Bertz CT molecular complexity index is 1920. The Morgan fingerprint density at radius 3 is 1.91 bits per heavy atom. The topological polar surface area (TPSA) is 106 Å². The summed E-state index contributed by atoms with van der Waals surface area (Å²) in [7, 11) is 0. The lowest BCUT2D eigenvalue weighted by atomic mass is 10.0. The molecular formula is C33H22F3N7O2. The highest BCUT2D eigenvalue weighted by atomic mass is 19.4. The standard InChI is InChI=1S/C33H22F3N7O2/c34-33(35,36)23-13-10-14-24(21-23)40-41-29(28-20-9-12-22-11-7-8-19-27(22)28)42-43-30-37-31(44-25-15-3-1-4-16-25)39-32(38-30)45-26-17-5-2-6-18-26/h1-21H,(H,37,38,39,43)/b41-40+,42-29-. The van der Waals surface area contributed by atoms with Gasteiger partial charge in [-0.15, -0.1) is 15.2 Å². The van der Waals surface area contributed by atoms with Crippen LogP contribution in [0.25, 0.3) is 10.8 Å². The normalized spacial score (nSPS) is 11.9. The summed E-state index contributed by atoms with van der Waals surface area (Å²) in [5.74, 6) is 0.972. The number of hydrogen-bond acceptors (Lipinski definition) is 8. The number of hydrogen-bond donors (Lipinski definition) is 1. The van der Waals surface area contributed by atoms with Gasteiger partial charge in [0.25, 0.3) is 5.95 Å². The zero-order valence-corrected chi connectivity index (χ0v) is 23.3. The van der Waals surface area contributed by atoms with E-state index in [0.717, 1.165) is 22.9 Å². The van der Waals surface area contributed by atoms with Crippen LogP contribution in [0, 0.1) is 0 Å². The quantitative estimate of drug-likeness (QED) is 0.0802. The number of ether oxygens (including phenoxy) is 2. The van der Waals surface area contributed by atoms with Crippen molar-refractivity contribution in [2.45, 2.75) is 6.18 Å². The number of rotatable bonds is 8. The Balaban J connectivity index is 1.39. The van der Waals surface area contributed by atoms with Crippen molar-refractivity contribution in [1.29, 1.82) is 0 Å². The van der Waals surface area contributed by atoms with Crippen LogP contribution in [0.5, 0.6) is 23.5 Å². The van der Waals surface area contributed by atoms with Crippen LogP contribution >= 0.6 is 0 Å². The fourth-order valence-corrected chi connectivity index (χ4v) is 4.18. The number of anilines is 1. The fraction of sp³-hybridized carbons (Fsp3) is 0.0303. The Morgan fingerprint density at radius 1 is 0.644 bits per heavy atom. The highest BCUT2D eigenvalue weighted by molar-refractivity contribution is 6.10. The Hall–Kier alpha value is -6.17. The van der Waals surface area contributed by atoms with Crippen LogP contribution in [-0.4, -0.2) is 20.8 Å². The number of benzene rings is 5. The second-order valence-corrected chi connectivity index (χ2v) is 9.38. The average molecular weight is 606 g/mol. The summed E-state index contributed by atoms with van der Waals surface area (Å²) >= 11 is 0. The van der Waals surface area contributed by atoms with E-state index in [9.17, 15) is 13.2 Å². The maximum Gasteiger partial charge on any atom is 0.416 e. The second-order valence-electron chi connectivity index (χ2n) is 9.38. The van der Waals surface area contributed by atoms with Gasteiger partial charge in [0.1, 0.15) is 11.5 Å². The minimum absolute atomic E-state index is 0.00461. The van der Waals surface area contributed by atoms with Crippen molar-refractivity contribution in [2.24, 2.45) is 15.3 Å². The molecule has 45 heavy (non-hydrogen) atoms. The summed E-state index contributed by atoms with van der Waals surface area (Å²) < 4.78 is 51.6. The SMILES string of the molecule is FC(F)(F)c1cccc(/N=N/C(=N\Nc2nc(Oc3ccccc3)nc(Oc3ccccc3)n2)c2cccc3ccccc23)c1. The molecule has 6 rings (SSSR count). The summed E-state index contributed by atoms with van der Waals surface area (Å²) in [6.07, 6.45) is -4.53. The molecule has 0 amide bonds. The third-order valence-electron chi connectivity index (χ3n) is 6.23. The monoisotopic (exact) mass is 605 g/mol. The third-order valence-corrected chi connectivity index (χ3v) is 6.23. The fourth-order valence-electron chi connectivity index (χ4n) is 4.18. The molecule has 12 heteroatoms. The van der Waals surface area contributed by atoms with Crippen molar-refractivity contribution in [2.75, 3.05) is 5.43 Å². The predicted molar refractivity (Wildman–Crippen MR) is 163 cm³/mol. The first-order valence-corrected chi connectivity index (χ1v) is 13.5. The molecule has 0 saturated carbocycles. The van der Waals surface area contributed by atoms with Gasteiger partial charge in [-0.05, 0) is 53.2 Å². The zero-order valence-electron chi connectivity index (χ0n) is 23.3. The minimum atomic E-state index is -4.53. The maximum absolute atomic E-state index is 13.3. The van der Waals surface area contributed by atoms with Gasteiger partial charge in [0, 0.05) is 5.56 Å². The molecule has 0 saturated heterocycles. The van der Waals surface area contributed by atoms with E-state index in [1.807, 2.05) is 48.5 Å².